The van der Waals surface area contributed by atoms with Gasteiger partial charge in [0.05, 0.1) is 12.1 Å². The van der Waals surface area contributed by atoms with Gasteiger partial charge in [-0.3, -0.25) is 0 Å². The molecule has 0 aliphatic carbocycles. The number of methoxy groups -OCH3 is 1. The van der Waals surface area contributed by atoms with E-state index in [4.69, 9.17) is 14.4 Å². The molecule has 0 saturated carbocycles. The normalized spacial score (nSPS) is 18.2. The number of halogens is 3. The monoisotopic (exact) mass is 461 g/mol. The van der Waals surface area contributed by atoms with Crippen molar-refractivity contribution in [1.29, 1.82) is 0 Å². The lowest BCUT2D eigenvalue weighted by Crippen LogP contribution is -2.34. The molecule has 1 aliphatic rings. The molecule has 172 valence electrons. The van der Waals surface area contributed by atoms with Gasteiger partial charge in [0.25, 0.3) is 5.89 Å². The molecule has 0 spiro atoms. The zero-order chi connectivity index (χ0) is 23.5. The highest BCUT2D eigenvalue weighted by atomic mass is 19.4. The van der Waals surface area contributed by atoms with Crippen molar-refractivity contribution in [2.24, 2.45) is 0 Å². The summed E-state index contributed by atoms with van der Waals surface area (Å²) >= 11 is 0. The van der Waals surface area contributed by atoms with Crippen molar-refractivity contribution >= 4 is 5.82 Å². The summed E-state index contributed by atoms with van der Waals surface area (Å²) in [4.78, 5) is 5.88. The van der Waals surface area contributed by atoms with Gasteiger partial charge < -0.3 is 24.0 Å². The van der Waals surface area contributed by atoms with Crippen LogP contribution in [-0.4, -0.2) is 57.6 Å². The fraction of sp³-hybridized carbons (Fsp3) is 0.333. The Morgan fingerprint density at radius 1 is 1.21 bits per heavy atom. The summed E-state index contributed by atoms with van der Waals surface area (Å²) in [6.45, 7) is 0.532. The second-order valence-corrected chi connectivity index (χ2v) is 7.11. The molecule has 1 aromatic carbocycles. The van der Waals surface area contributed by atoms with Crippen molar-refractivity contribution < 1.29 is 32.3 Å². The van der Waals surface area contributed by atoms with Gasteiger partial charge in [0.1, 0.15) is 18.0 Å². The van der Waals surface area contributed by atoms with Gasteiger partial charge in [-0.05, 0) is 24.3 Å². The van der Waals surface area contributed by atoms with Crippen LogP contribution in [0.2, 0.25) is 0 Å². The zero-order valence-corrected chi connectivity index (χ0v) is 17.3. The molecule has 3 heterocycles. The Kier molecular flexibility index (Phi) is 6.17. The van der Waals surface area contributed by atoms with Gasteiger partial charge in [0, 0.05) is 20.1 Å². The minimum Gasteiger partial charge on any atom is -0.404 e. The van der Waals surface area contributed by atoms with Crippen LogP contribution in [0, 0.1) is 11.8 Å². The quantitative estimate of drug-likeness (QED) is 0.574. The lowest BCUT2D eigenvalue weighted by atomic mass is 10.0. The Labute approximate surface area is 186 Å². The number of para-hydroxylation sites is 1. The molecule has 9 nitrogen and oxygen atoms in total. The van der Waals surface area contributed by atoms with Crippen LogP contribution in [0.25, 0.3) is 11.6 Å². The number of aliphatic hydroxyl groups is 1. The van der Waals surface area contributed by atoms with Gasteiger partial charge in [-0.2, -0.15) is 4.98 Å². The van der Waals surface area contributed by atoms with E-state index in [0.717, 1.165) is 0 Å². The number of hydrogen-bond acceptors (Lipinski definition) is 9. The summed E-state index contributed by atoms with van der Waals surface area (Å²) < 4.78 is 52.7. The van der Waals surface area contributed by atoms with E-state index in [0.29, 0.717) is 31.0 Å². The summed E-state index contributed by atoms with van der Waals surface area (Å²) in [5.74, 6) is 6.20. The van der Waals surface area contributed by atoms with E-state index in [9.17, 15) is 13.2 Å². The van der Waals surface area contributed by atoms with Crippen LogP contribution in [0.15, 0.2) is 40.9 Å². The molecule has 2 aromatic heterocycles. The molecule has 4 rings (SSSR count). The van der Waals surface area contributed by atoms with Crippen LogP contribution < -0.4 is 9.64 Å². The highest BCUT2D eigenvalue weighted by Crippen LogP contribution is 2.30. The molecule has 0 amide bonds. The summed E-state index contributed by atoms with van der Waals surface area (Å²) in [6, 6.07) is 9.06. The van der Waals surface area contributed by atoms with Crippen LogP contribution in [0.3, 0.4) is 0 Å². The van der Waals surface area contributed by atoms with Crippen molar-refractivity contribution in [3.8, 4) is 29.2 Å². The van der Waals surface area contributed by atoms with E-state index in [1.165, 1.54) is 25.3 Å². The molecule has 1 saturated heterocycles. The van der Waals surface area contributed by atoms with Crippen LogP contribution >= 0.6 is 0 Å². The van der Waals surface area contributed by atoms with Gasteiger partial charge in [-0.25, -0.2) is 0 Å². The van der Waals surface area contributed by atoms with Crippen molar-refractivity contribution in [2.75, 3.05) is 25.1 Å². The van der Waals surface area contributed by atoms with E-state index >= 15 is 0 Å². The van der Waals surface area contributed by atoms with Crippen LogP contribution in [0.5, 0.6) is 5.75 Å². The second kappa shape index (κ2) is 9.05. The first-order valence-corrected chi connectivity index (χ1v) is 9.76. The lowest BCUT2D eigenvalue weighted by molar-refractivity contribution is -0.274. The molecule has 3 aromatic rings. The standard InChI is InChI=1S/C21H18F3N5O4/c1-31-20(9-8-14-4-2-3-5-16(14)32-21(22,23)24)10-11-29(13-20)18-7-6-15(26-27-18)19-25-17(12-30)28-33-19/h2-7,30H,10-13H2,1H3. The number of anilines is 1. The minimum absolute atomic E-state index is 0.107. The van der Waals surface area contributed by atoms with Crippen molar-refractivity contribution in [1.82, 2.24) is 20.3 Å². The fourth-order valence-corrected chi connectivity index (χ4v) is 3.29. The number of aromatic nitrogens is 4. The molecular formula is C21H18F3N5O4. The third-order valence-corrected chi connectivity index (χ3v) is 4.96. The largest absolute Gasteiger partial charge is 0.573 e. The Balaban J connectivity index is 1.50. The predicted octanol–water partition coefficient (Wildman–Crippen LogP) is 2.56. The third-order valence-electron chi connectivity index (χ3n) is 4.96. The van der Waals surface area contributed by atoms with E-state index in [1.807, 2.05) is 4.90 Å². The Bertz CT molecular complexity index is 1170. The molecule has 12 heteroatoms. The molecule has 0 bridgehead atoms. The first-order valence-electron chi connectivity index (χ1n) is 9.76. The summed E-state index contributed by atoms with van der Waals surface area (Å²) in [5, 5.41) is 20.9. The lowest BCUT2D eigenvalue weighted by Gasteiger charge is -2.22. The van der Waals surface area contributed by atoms with Crippen LogP contribution in [0.1, 0.15) is 17.8 Å². The van der Waals surface area contributed by atoms with E-state index in [1.54, 1.807) is 18.2 Å². The number of alkyl halides is 3. The molecule has 1 atom stereocenters. The highest BCUT2D eigenvalue weighted by Gasteiger charge is 2.38. The number of hydrogen-bond donors (Lipinski definition) is 1. The first kappa shape index (κ1) is 22.5. The van der Waals surface area contributed by atoms with Crippen molar-refractivity contribution in [3.05, 3.63) is 47.8 Å². The fourth-order valence-electron chi connectivity index (χ4n) is 3.29. The molecule has 33 heavy (non-hydrogen) atoms. The van der Waals surface area contributed by atoms with Crippen molar-refractivity contribution in [3.63, 3.8) is 0 Å². The zero-order valence-electron chi connectivity index (χ0n) is 17.3. The van der Waals surface area contributed by atoms with Gasteiger partial charge in [-0.15, -0.1) is 23.4 Å². The van der Waals surface area contributed by atoms with Gasteiger partial charge in [0.2, 0.25) is 0 Å². The van der Waals surface area contributed by atoms with Gasteiger partial charge in [-0.1, -0.05) is 29.1 Å². The number of aliphatic hydroxyl groups excluding tert-OH is 1. The number of rotatable bonds is 5. The Morgan fingerprint density at radius 2 is 2.03 bits per heavy atom. The van der Waals surface area contributed by atoms with Crippen LogP contribution in [0.4, 0.5) is 19.0 Å². The highest BCUT2D eigenvalue weighted by molar-refractivity contribution is 5.52. The van der Waals surface area contributed by atoms with Crippen LogP contribution in [-0.2, 0) is 11.3 Å². The Morgan fingerprint density at radius 3 is 2.70 bits per heavy atom. The van der Waals surface area contributed by atoms with E-state index < -0.39 is 12.0 Å². The second-order valence-electron chi connectivity index (χ2n) is 7.11. The molecule has 1 N–H and O–H groups in total. The average Bonchev–Trinajstić information content (AvgIpc) is 3.46. The molecule has 0 radical (unpaired) electrons. The maximum atomic E-state index is 12.7. The number of benzene rings is 1. The van der Waals surface area contributed by atoms with Crippen molar-refractivity contribution in [2.45, 2.75) is 25.0 Å². The smallest absolute Gasteiger partial charge is 0.404 e. The maximum absolute atomic E-state index is 12.7. The first-order chi connectivity index (χ1) is 15.8. The number of ether oxygens (including phenoxy) is 2. The molecular weight excluding hydrogens is 443 g/mol. The molecule has 1 aliphatic heterocycles. The summed E-state index contributed by atoms with van der Waals surface area (Å²) in [5.41, 5.74) is -0.450. The van der Waals surface area contributed by atoms with E-state index in [-0.39, 0.29) is 29.6 Å². The summed E-state index contributed by atoms with van der Waals surface area (Å²) in [7, 11) is 1.50. The van der Waals surface area contributed by atoms with E-state index in [2.05, 4.69) is 36.9 Å². The Hall–Kier alpha value is -3.69. The minimum atomic E-state index is -4.81. The molecule has 1 fully saturated rings. The maximum Gasteiger partial charge on any atom is 0.573 e. The van der Waals surface area contributed by atoms with Gasteiger partial charge >= 0.3 is 6.36 Å². The number of nitrogens with zero attached hydrogens (tertiary/aromatic N) is 5. The predicted molar refractivity (Wildman–Crippen MR) is 108 cm³/mol. The van der Waals surface area contributed by atoms with Gasteiger partial charge in [0.15, 0.2) is 17.3 Å². The topological polar surface area (TPSA) is 107 Å². The SMILES string of the molecule is COC1(C#Cc2ccccc2OC(F)(F)F)CCN(c2ccc(-c3nc(CO)no3)nn2)C1. The average molecular weight is 461 g/mol. The molecule has 1 unspecified atom stereocenters. The summed E-state index contributed by atoms with van der Waals surface area (Å²) in [6.07, 6.45) is -4.31. The third kappa shape index (κ3) is 5.21.